The first-order valence-corrected chi connectivity index (χ1v) is 9.67. The van der Waals surface area contributed by atoms with Crippen LogP contribution < -0.4 is 5.73 Å². The Morgan fingerprint density at radius 3 is 2.29 bits per heavy atom. The molecule has 1 aliphatic heterocycles. The van der Waals surface area contributed by atoms with Crippen molar-refractivity contribution in [3.63, 3.8) is 0 Å². The molecule has 0 radical (unpaired) electrons. The minimum absolute atomic E-state index is 0.0383. The van der Waals surface area contributed by atoms with E-state index in [2.05, 4.69) is 0 Å². The summed E-state index contributed by atoms with van der Waals surface area (Å²) < 4.78 is 28.6. The Hall–Kier alpha value is -0.265. The highest BCUT2D eigenvalue weighted by Crippen LogP contribution is 2.25. The second-order valence-electron chi connectivity index (χ2n) is 6.86. The van der Waals surface area contributed by atoms with E-state index in [-0.39, 0.29) is 18.3 Å². The number of nitrogens with two attached hydrogens (primary N) is 1. The summed E-state index contributed by atoms with van der Waals surface area (Å²) in [5.74, 6) is 0.0383. The van der Waals surface area contributed by atoms with Gasteiger partial charge in [-0.15, -0.1) is 4.41 Å². The van der Waals surface area contributed by atoms with E-state index in [1.165, 1.54) is 8.72 Å². The molecule has 0 amide bonds. The Bertz CT molecular complexity index is 477. The minimum Gasteiger partial charge on any atom is -0.427 e. The van der Waals surface area contributed by atoms with Crippen molar-refractivity contribution in [2.24, 2.45) is 11.7 Å². The summed E-state index contributed by atoms with van der Waals surface area (Å²) in [6, 6.07) is -0.228. The SMILES string of the molecule is CN(C)CCN(N(C)C)S(=O)(=O)N1C[C@H](CCCB(O)O)[C@@H](N)C1. The van der Waals surface area contributed by atoms with Gasteiger partial charge in [0.15, 0.2) is 0 Å². The van der Waals surface area contributed by atoms with Crippen LogP contribution in [0, 0.1) is 5.92 Å². The largest absolute Gasteiger partial charge is 0.451 e. The highest BCUT2D eigenvalue weighted by molar-refractivity contribution is 7.86. The summed E-state index contributed by atoms with van der Waals surface area (Å²) in [5, 5.41) is 19.4. The molecule has 0 unspecified atom stereocenters. The first-order chi connectivity index (χ1) is 11.1. The van der Waals surface area contributed by atoms with Gasteiger partial charge in [0.25, 0.3) is 10.2 Å². The van der Waals surface area contributed by atoms with Crippen LogP contribution in [-0.4, -0.2) is 105 Å². The van der Waals surface area contributed by atoms with Crippen LogP contribution in [0.5, 0.6) is 0 Å². The van der Waals surface area contributed by atoms with Crippen molar-refractivity contribution in [1.82, 2.24) is 18.6 Å². The molecule has 0 spiro atoms. The number of nitrogens with zero attached hydrogens (tertiary/aromatic N) is 4. The highest BCUT2D eigenvalue weighted by atomic mass is 32.2. The summed E-state index contributed by atoms with van der Waals surface area (Å²) >= 11 is 0. The average Bonchev–Trinajstić information content (AvgIpc) is 2.80. The molecule has 1 rings (SSSR count). The monoisotopic (exact) mass is 365 g/mol. The Morgan fingerprint density at radius 1 is 1.17 bits per heavy atom. The van der Waals surface area contributed by atoms with Gasteiger partial charge in [0.1, 0.15) is 0 Å². The number of rotatable bonds is 10. The number of hydrogen-bond donors (Lipinski definition) is 3. The zero-order valence-electron chi connectivity index (χ0n) is 15.2. The lowest BCUT2D eigenvalue weighted by Gasteiger charge is -2.32. The van der Waals surface area contributed by atoms with Crippen LogP contribution in [0.15, 0.2) is 0 Å². The van der Waals surface area contributed by atoms with E-state index < -0.39 is 17.3 Å². The van der Waals surface area contributed by atoms with E-state index >= 15 is 0 Å². The molecule has 1 fully saturated rings. The molecule has 0 bridgehead atoms. The van der Waals surface area contributed by atoms with E-state index in [1.54, 1.807) is 19.1 Å². The van der Waals surface area contributed by atoms with Crippen molar-refractivity contribution in [3.05, 3.63) is 0 Å². The molecule has 1 saturated heterocycles. The maximum atomic E-state index is 12.9. The lowest BCUT2D eigenvalue weighted by Crippen LogP contribution is -2.51. The van der Waals surface area contributed by atoms with Gasteiger partial charge in [0.05, 0.1) is 0 Å². The van der Waals surface area contributed by atoms with Crippen LogP contribution in [0.25, 0.3) is 0 Å². The van der Waals surface area contributed by atoms with Crippen LogP contribution >= 0.6 is 0 Å². The first kappa shape index (κ1) is 21.8. The summed E-state index contributed by atoms with van der Waals surface area (Å²) in [6.07, 6.45) is 1.58. The summed E-state index contributed by atoms with van der Waals surface area (Å²) in [6.45, 7) is 1.66. The fraction of sp³-hybridized carbons (Fsp3) is 1.00. The van der Waals surface area contributed by atoms with Crippen LogP contribution in [0.4, 0.5) is 0 Å². The predicted molar refractivity (Wildman–Crippen MR) is 95.1 cm³/mol. The lowest BCUT2D eigenvalue weighted by molar-refractivity contribution is 0.107. The molecule has 0 aliphatic carbocycles. The van der Waals surface area contributed by atoms with E-state index in [4.69, 9.17) is 15.8 Å². The quantitative estimate of drug-likeness (QED) is 0.306. The van der Waals surface area contributed by atoms with Crippen molar-refractivity contribution < 1.29 is 18.5 Å². The maximum Gasteiger partial charge on any atom is 0.451 e. The van der Waals surface area contributed by atoms with E-state index in [9.17, 15) is 8.42 Å². The molecule has 142 valence electrons. The molecule has 9 nitrogen and oxygen atoms in total. The van der Waals surface area contributed by atoms with Crippen LogP contribution in [-0.2, 0) is 10.2 Å². The molecule has 0 saturated carbocycles. The molecule has 11 heteroatoms. The maximum absolute atomic E-state index is 12.9. The van der Waals surface area contributed by atoms with Gasteiger partial charge in [-0.3, -0.25) is 0 Å². The molecule has 0 aromatic carbocycles. The Balaban J connectivity index is 2.71. The molecule has 24 heavy (non-hydrogen) atoms. The van der Waals surface area contributed by atoms with Crippen molar-refractivity contribution in [1.29, 1.82) is 0 Å². The van der Waals surface area contributed by atoms with Gasteiger partial charge in [0, 0.05) is 46.3 Å². The van der Waals surface area contributed by atoms with Crippen molar-refractivity contribution in [2.75, 3.05) is 54.4 Å². The highest BCUT2D eigenvalue weighted by Gasteiger charge is 2.40. The van der Waals surface area contributed by atoms with Gasteiger partial charge in [-0.05, 0) is 32.8 Å². The standard InChI is InChI=1S/C13H32BN5O4S/c1-16(2)8-9-19(17(3)4)24(22,23)18-10-12(13(15)11-18)6-5-7-14(20)21/h12-13,20-21H,5-11,15H2,1-4H3/t12-,13-/m0/s1. The fourth-order valence-corrected chi connectivity index (χ4v) is 4.58. The van der Waals surface area contributed by atoms with Gasteiger partial charge in [-0.25, -0.2) is 5.01 Å². The van der Waals surface area contributed by atoms with E-state index in [0.717, 1.165) is 0 Å². The van der Waals surface area contributed by atoms with Gasteiger partial charge in [0.2, 0.25) is 0 Å². The molecular formula is C13H32BN5O4S. The average molecular weight is 365 g/mol. The summed E-state index contributed by atoms with van der Waals surface area (Å²) in [4.78, 5) is 1.94. The van der Waals surface area contributed by atoms with E-state index in [1.807, 2.05) is 19.0 Å². The van der Waals surface area contributed by atoms with Crippen molar-refractivity contribution in [3.8, 4) is 0 Å². The second kappa shape index (κ2) is 9.44. The third-order valence-corrected chi connectivity index (χ3v) is 6.27. The Morgan fingerprint density at radius 2 is 1.79 bits per heavy atom. The van der Waals surface area contributed by atoms with Gasteiger partial charge >= 0.3 is 7.12 Å². The molecule has 0 aromatic heterocycles. The zero-order valence-corrected chi connectivity index (χ0v) is 16.0. The van der Waals surface area contributed by atoms with Crippen molar-refractivity contribution in [2.45, 2.75) is 25.2 Å². The van der Waals surface area contributed by atoms with Gasteiger partial charge < -0.3 is 20.7 Å². The second-order valence-corrected chi connectivity index (χ2v) is 8.69. The number of likely N-dealkylation sites (N-methyl/N-ethyl adjacent to an activating group) is 1. The molecule has 2 atom stereocenters. The summed E-state index contributed by atoms with van der Waals surface area (Å²) in [7, 11) is 2.29. The predicted octanol–water partition coefficient (Wildman–Crippen LogP) is -1.92. The smallest absolute Gasteiger partial charge is 0.427 e. The number of hydrogen-bond acceptors (Lipinski definition) is 7. The molecule has 1 heterocycles. The normalized spacial score (nSPS) is 22.9. The van der Waals surface area contributed by atoms with Crippen LogP contribution in [0.3, 0.4) is 0 Å². The Labute approximate surface area is 146 Å². The van der Waals surface area contributed by atoms with Gasteiger partial charge in [-0.2, -0.15) is 12.7 Å². The van der Waals surface area contributed by atoms with Crippen molar-refractivity contribution >= 4 is 17.3 Å². The minimum atomic E-state index is -3.62. The fourth-order valence-electron chi connectivity index (χ4n) is 2.85. The zero-order chi connectivity index (χ0) is 18.5. The topological polar surface area (TPSA) is 114 Å². The molecule has 1 aliphatic rings. The first-order valence-electron chi connectivity index (χ1n) is 8.27. The van der Waals surface area contributed by atoms with Crippen LogP contribution in [0.1, 0.15) is 12.8 Å². The van der Waals surface area contributed by atoms with Gasteiger partial charge in [-0.1, -0.05) is 6.42 Å². The lowest BCUT2D eigenvalue weighted by atomic mass is 9.82. The number of hydrazine groups is 1. The van der Waals surface area contributed by atoms with Crippen LogP contribution in [0.2, 0.25) is 6.32 Å². The third-order valence-electron chi connectivity index (χ3n) is 4.27. The third kappa shape index (κ3) is 6.23. The summed E-state index contributed by atoms with van der Waals surface area (Å²) in [5.41, 5.74) is 6.11. The molecule has 0 aromatic rings. The Kier molecular flexibility index (Phi) is 8.56. The molecule has 4 N–H and O–H groups in total. The molecular weight excluding hydrogens is 333 g/mol. The van der Waals surface area contributed by atoms with E-state index in [0.29, 0.717) is 39.0 Å².